The zero-order valence-electron chi connectivity index (χ0n) is 16.2. The first-order chi connectivity index (χ1) is 14.7. The van der Waals surface area contributed by atoms with Crippen LogP contribution >= 0.6 is 11.3 Å². The Morgan fingerprint density at radius 2 is 1.67 bits per heavy atom. The number of para-hydroxylation sites is 3. The van der Waals surface area contributed by atoms with Gasteiger partial charge in [-0.15, -0.1) is 11.3 Å². The van der Waals surface area contributed by atoms with E-state index in [0.717, 1.165) is 33.7 Å². The van der Waals surface area contributed by atoms with Crippen LogP contribution in [0.5, 0.6) is 0 Å². The molecule has 0 fully saturated rings. The third kappa shape index (κ3) is 4.09. The Bertz CT molecular complexity index is 1260. The van der Waals surface area contributed by atoms with Gasteiger partial charge in [0.25, 0.3) is 0 Å². The molecule has 148 valence electrons. The first-order valence-corrected chi connectivity index (χ1v) is 10.6. The normalized spacial score (nSPS) is 11.2. The number of benzene rings is 3. The molecule has 5 rings (SSSR count). The van der Waals surface area contributed by atoms with Crippen molar-refractivity contribution in [3.8, 4) is 0 Å². The van der Waals surface area contributed by atoms with Crippen LogP contribution in [-0.2, 0) is 17.6 Å². The van der Waals surface area contributed by atoms with Crippen LogP contribution in [0.4, 0.5) is 5.69 Å². The molecule has 1 N–H and O–H groups in total. The number of hydrogen-bond acceptors (Lipinski definition) is 5. The van der Waals surface area contributed by atoms with E-state index < -0.39 is 0 Å². The summed E-state index contributed by atoms with van der Waals surface area (Å²) in [7, 11) is 0. The summed E-state index contributed by atoms with van der Waals surface area (Å²) >= 11 is 1.72. The highest BCUT2D eigenvalue weighted by atomic mass is 32.1. The fourth-order valence-electron chi connectivity index (χ4n) is 3.35. The van der Waals surface area contributed by atoms with Gasteiger partial charge in [0.15, 0.2) is 11.5 Å². The highest BCUT2D eigenvalue weighted by Crippen LogP contribution is 2.24. The topological polar surface area (TPSA) is 68.0 Å². The smallest absolute Gasteiger partial charge is 0.224 e. The van der Waals surface area contributed by atoms with Crippen molar-refractivity contribution in [2.45, 2.75) is 19.3 Å². The van der Waals surface area contributed by atoms with Crippen LogP contribution in [0.1, 0.15) is 22.9 Å². The zero-order valence-corrected chi connectivity index (χ0v) is 17.0. The van der Waals surface area contributed by atoms with Crippen molar-refractivity contribution in [1.82, 2.24) is 9.97 Å². The first kappa shape index (κ1) is 18.5. The number of aryl methyl sites for hydroxylation is 1. The number of oxazole rings is 1. The highest BCUT2D eigenvalue weighted by Gasteiger charge is 2.09. The molecule has 1 amide bonds. The van der Waals surface area contributed by atoms with Crippen molar-refractivity contribution >= 4 is 44.2 Å². The molecule has 0 radical (unpaired) electrons. The number of rotatable bonds is 6. The SMILES string of the molecule is O=C(CCc1nc2ccccc2o1)Nc1ccc(Cc2nc3ccccc3s2)cc1. The van der Waals surface area contributed by atoms with Crippen LogP contribution in [0.2, 0.25) is 0 Å². The quantitative estimate of drug-likeness (QED) is 0.393. The van der Waals surface area contributed by atoms with E-state index in [1.165, 1.54) is 10.3 Å². The van der Waals surface area contributed by atoms with Crippen LogP contribution < -0.4 is 5.32 Å². The minimum Gasteiger partial charge on any atom is -0.441 e. The largest absolute Gasteiger partial charge is 0.441 e. The van der Waals surface area contributed by atoms with Crippen LogP contribution in [0, 0.1) is 0 Å². The Hall–Kier alpha value is -3.51. The van der Waals surface area contributed by atoms with Crippen LogP contribution in [0.3, 0.4) is 0 Å². The van der Waals surface area contributed by atoms with E-state index in [2.05, 4.69) is 21.4 Å². The lowest BCUT2D eigenvalue weighted by Gasteiger charge is -2.05. The van der Waals surface area contributed by atoms with Gasteiger partial charge in [0.1, 0.15) is 5.52 Å². The van der Waals surface area contributed by atoms with Crippen molar-refractivity contribution in [3.05, 3.63) is 89.3 Å². The minimum absolute atomic E-state index is 0.0591. The Morgan fingerprint density at radius 3 is 2.47 bits per heavy atom. The molecule has 0 aliphatic heterocycles. The third-order valence-electron chi connectivity index (χ3n) is 4.84. The summed E-state index contributed by atoms with van der Waals surface area (Å²) in [5.74, 6) is 0.522. The lowest BCUT2D eigenvalue weighted by atomic mass is 10.1. The molecule has 0 aliphatic carbocycles. The van der Waals surface area contributed by atoms with E-state index >= 15 is 0 Å². The maximum atomic E-state index is 12.3. The van der Waals surface area contributed by atoms with E-state index in [1.807, 2.05) is 66.7 Å². The van der Waals surface area contributed by atoms with Gasteiger partial charge in [-0.25, -0.2) is 9.97 Å². The second-order valence-electron chi connectivity index (χ2n) is 7.07. The third-order valence-corrected chi connectivity index (χ3v) is 5.87. The summed E-state index contributed by atoms with van der Waals surface area (Å²) in [5.41, 5.74) is 4.55. The fraction of sp³-hybridized carbons (Fsp3) is 0.125. The predicted octanol–water partition coefficient (Wildman–Crippen LogP) is 5.60. The molecule has 5 nitrogen and oxygen atoms in total. The average molecular weight is 414 g/mol. The van der Waals surface area contributed by atoms with Gasteiger partial charge >= 0.3 is 0 Å². The molecule has 0 aliphatic rings. The maximum absolute atomic E-state index is 12.3. The lowest BCUT2D eigenvalue weighted by Crippen LogP contribution is -2.12. The van der Waals surface area contributed by atoms with Gasteiger partial charge in [-0.1, -0.05) is 36.4 Å². The molecule has 2 heterocycles. The van der Waals surface area contributed by atoms with Crippen molar-refractivity contribution in [1.29, 1.82) is 0 Å². The van der Waals surface area contributed by atoms with E-state index in [4.69, 9.17) is 4.42 Å². The van der Waals surface area contributed by atoms with Gasteiger partial charge in [-0.3, -0.25) is 4.79 Å². The highest BCUT2D eigenvalue weighted by molar-refractivity contribution is 7.18. The number of hydrogen-bond donors (Lipinski definition) is 1. The number of carbonyl (C=O) groups is 1. The molecule has 5 aromatic rings. The molecule has 0 unspecified atom stereocenters. The summed E-state index contributed by atoms with van der Waals surface area (Å²) < 4.78 is 6.87. The Kier molecular flexibility index (Phi) is 4.99. The molecule has 30 heavy (non-hydrogen) atoms. The number of nitrogens with zero attached hydrogens (tertiary/aromatic N) is 2. The monoisotopic (exact) mass is 413 g/mol. The van der Waals surface area contributed by atoms with Crippen molar-refractivity contribution in [3.63, 3.8) is 0 Å². The number of carbonyl (C=O) groups excluding carboxylic acids is 1. The summed E-state index contributed by atoms with van der Waals surface area (Å²) in [6, 6.07) is 23.7. The van der Waals surface area contributed by atoms with E-state index in [0.29, 0.717) is 18.7 Å². The molecule has 2 aromatic heterocycles. The van der Waals surface area contributed by atoms with Crippen molar-refractivity contribution in [2.24, 2.45) is 0 Å². The van der Waals surface area contributed by atoms with Gasteiger partial charge in [0, 0.05) is 24.9 Å². The van der Waals surface area contributed by atoms with Gasteiger partial charge in [0.05, 0.1) is 15.2 Å². The summed E-state index contributed by atoms with van der Waals surface area (Å²) in [4.78, 5) is 21.4. The number of aromatic nitrogens is 2. The second-order valence-corrected chi connectivity index (χ2v) is 8.19. The van der Waals surface area contributed by atoms with E-state index in [9.17, 15) is 4.79 Å². The summed E-state index contributed by atoms with van der Waals surface area (Å²) in [5, 5.41) is 4.03. The minimum atomic E-state index is -0.0591. The van der Waals surface area contributed by atoms with Gasteiger partial charge in [0.2, 0.25) is 5.91 Å². The van der Waals surface area contributed by atoms with Crippen LogP contribution in [-0.4, -0.2) is 15.9 Å². The molecule has 0 spiro atoms. The maximum Gasteiger partial charge on any atom is 0.224 e. The molecular formula is C24H19N3O2S. The summed E-state index contributed by atoms with van der Waals surface area (Å²) in [6.07, 6.45) is 1.57. The number of fused-ring (bicyclic) bond motifs is 2. The van der Waals surface area contributed by atoms with Gasteiger partial charge in [-0.05, 0) is 42.0 Å². The fourth-order valence-corrected chi connectivity index (χ4v) is 4.35. The lowest BCUT2D eigenvalue weighted by molar-refractivity contribution is -0.116. The number of amides is 1. The summed E-state index contributed by atoms with van der Waals surface area (Å²) in [6.45, 7) is 0. The van der Waals surface area contributed by atoms with Crippen LogP contribution in [0.15, 0.2) is 77.2 Å². The Balaban J connectivity index is 1.17. The second kappa shape index (κ2) is 8.08. The Labute approximate surface area is 177 Å². The van der Waals surface area contributed by atoms with Crippen molar-refractivity contribution in [2.75, 3.05) is 5.32 Å². The van der Waals surface area contributed by atoms with E-state index in [1.54, 1.807) is 11.3 Å². The molecule has 0 saturated carbocycles. The predicted molar refractivity (Wildman–Crippen MR) is 120 cm³/mol. The molecule has 0 bridgehead atoms. The number of anilines is 1. The first-order valence-electron chi connectivity index (χ1n) is 9.81. The van der Waals surface area contributed by atoms with Gasteiger partial charge < -0.3 is 9.73 Å². The Morgan fingerprint density at radius 1 is 0.900 bits per heavy atom. The molecule has 3 aromatic carbocycles. The van der Waals surface area contributed by atoms with Gasteiger partial charge in [-0.2, -0.15) is 0 Å². The average Bonchev–Trinajstić information content (AvgIpc) is 3.36. The van der Waals surface area contributed by atoms with Crippen molar-refractivity contribution < 1.29 is 9.21 Å². The molecular weight excluding hydrogens is 394 g/mol. The standard InChI is InChI=1S/C24H19N3O2S/c28-22(13-14-23-26-18-5-1-3-7-20(18)29-23)25-17-11-9-16(10-12-17)15-24-27-19-6-2-4-8-21(19)30-24/h1-12H,13-15H2,(H,25,28). The van der Waals surface area contributed by atoms with Crippen LogP contribution in [0.25, 0.3) is 21.3 Å². The molecule has 6 heteroatoms. The molecule has 0 atom stereocenters. The number of nitrogens with one attached hydrogen (secondary N) is 1. The van der Waals surface area contributed by atoms with E-state index in [-0.39, 0.29) is 5.91 Å². The zero-order chi connectivity index (χ0) is 20.3. The number of thiazole rings is 1. The molecule has 0 saturated heterocycles.